The van der Waals surface area contributed by atoms with Gasteiger partial charge in [0.2, 0.25) is 5.91 Å². The summed E-state index contributed by atoms with van der Waals surface area (Å²) in [4.78, 5) is 14.0. The van der Waals surface area contributed by atoms with Gasteiger partial charge < -0.3 is 9.64 Å². The van der Waals surface area contributed by atoms with Crippen LogP contribution in [0.2, 0.25) is 0 Å². The molecule has 2 aromatic rings. The SMILES string of the molecule is COc1ccc(CN(C)C(=O)C(Cl)c2ccccc2)cc1. The molecule has 0 fully saturated rings. The van der Waals surface area contributed by atoms with Crippen LogP contribution < -0.4 is 4.74 Å². The van der Waals surface area contributed by atoms with Crippen LogP contribution in [0, 0.1) is 0 Å². The fourth-order valence-electron chi connectivity index (χ4n) is 2.04. The van der Waals surface area contributed by atoms with Crippen LogP contribution in [0.5, 0.6) is 5.75 Å². The molecule has 2 aromatic carbocycles. The average molecular weight is 304 g/mol. The summed E-state index contributed by atoms with van der Waals surface area (Å²) in [5, 5.41) is -0.658. The first-order valence-electron chi connectivity index (χ1n) is 6.68. The zero-order valence-corrected chi connectivity index (χ0v) is 12.9. The van der Waals surface area contributed by atoms with E-state index in [1.54, 1.807) is 19.1 Å². The first-order chi connectivity index (χ1) is 10.1. The van der Waals surface area contributed by atoms with Crippen molar-refractivity contribution in [1.29, 1.82) is 0 Å². The maximum Gasteiger partial charge on any atom is 0.245 e. The van der Waals surface area contributed by atoms with E-state index in [2.05, 4.69) is 0 Å². The fourth-order valence-corrected chi connectivity index (χ4v) is 2.35. The van der Waals surface area contributed by atoms with Gasteiger partial charge in [-0.3, -0.25) is 4.79 Å². The van der Waals surface area contributed by atoms with Gasteiger partial charge in [0.05, 0.1) is 7.11 Å². The largest absolute Gasteiger partial charge is 0.497 e. The molecular formula is C17H18ClNO2. The van der Waals surface area contributed by atoms with E-state index in [-0.39, 0.29) is 5.91 Å². The van der Waals surface area contributed by atoms with Crippen LogP contribution in [0.4, 0.5) is 0 Å². The molecule has 4 heteroatoms. The van der Waals surface area contributed by atoms with E-state index >= 15 is 0 Å². The third-order valence-electron chi connectivity index (χ3n) is 3.26. The maximum absolute atomic E-state index is 12.3. The molecule has 0 N–H and O–H groups in total. The molecule has 0 aliphatic carbocycles. The van der Waals surface area contributed by atoms with E-state index in [9.17, 15) is 4.79 Å². The molecule has 2 rings (SSSR count). The lowest BCUT2D eigenvalue weighted by Crippen LogP contribution is -2.29. The van der Waals surface area contributed by atoms with Crippen molar-refractivity contribution < 1.29 is 9.53 Å². The van der Waals surface area contributed by atoms with Crippen LogP contribution in [0.1, 0.15) is 16.5 Å². The van der Waals surface area contributed by atoms with Gasteiger partial charge in [0.25, 0.3) is 0 Å². The second kappa shape index (κ2) is 7.14. The third kappa shape index (κ3) is 3.99. The molecule has 0 saturated carbocycles. The Morgan fingerprint density at radius 1 is 1.14 bits per heavy atom. The van der Waals surface area contributed by atoms with Crippen LogP contribution >= 0.6 is 11.6 Å². The number of halogens is 1. The van der Waals surface area contributed by atoms with Crippen molar-refractivity contribution in [3.63, 3.8) is 0 Å². The molecule has 0 radical (unpaired) electrons. The van der Waals surface area contributed by atoms with Crippen molar-refractivity contribution >= 4 is 17.5 Å². The molecule has 1 amide bonds. The second-order valence-electron chi connectivity index (χ2n) is 4.82. The number of carbonyl (C=O) groups excluding carboxylic acids is 1. The summed E-state index contributed by atoms with van der Waals surface area (Å²) in [7, 11) is 3.38. The molecule has 0 heterocycles. The number of amides is 1. The number of alkyl halides is 1. The van der Waals surface area contributed by atoms with E-state index in [1.165, 1.54) is 0 Å². The van der Waals surface area contributed by atoms with Gasteiger partial charge in [0.1, 0.15) is 11.1 Å². The van der Waals surface area contributed by atoms with E-state index in [0.29, 0.717) is 6.54 Å². The van der Waals surface area contributed by atoms with E-state index in [0.717, 1.165) is 16.9 Å². The molecule has 3 nitrogen and oxygen atoms in total. The predicted octanol–water partition coefficient (Wildman–Crippen LogP) is 3.63. The molecule has 21 heavy (non-hydrogen) atoms. The average Bonchev–Trinajstić information content (AvgIpc) is 2.55. The molecule has 1 atom stereocenters. The highest BCUT2D eigenvalue weighted by Gasteiger charge is 2.21. The topological polar surface area (TPSA) is 29.5 Å². The van der Waals surface area contributed by atoms with Crippen molar-refractivity contribution in [2.45, 2.75) is 11.9 Å². The van der Waals surface area contributed by atoms with Crippen LogP contribution in [0.3, 0.4) is 0 Å². The smallest absolute Gasteiger partial charge is 0.245 e. The van der Waals surface area contributed by atoms with Crippen LogP contribution in [0.15, 0.2) is 54.6 Å². The number of methoxy groups -OCH3 is 1. The van der Waals surface area contributed by atoms with Gasteiger partial charge in [-0.2, -0.15) is 0 Å². The quantitative estimate of drug-likeness (QED) is 0.789. The van der Waals surface area contributed by atoms with Gasteiger partial charge in [-0.05, 0) is 23.3 Å². The zero-order chi connectivity index (χ0) is 15.2. The summed E-state index contributed by atoms with van der Waals surface area (Å²) < 4.78 is 5.12. The Balaban J connectivity index is 2.01. The minimum Gasteiger partial charge on any atom is -0.497 e. The van der Waals surface area contributed by atoms with Crippen LogP contribution in [-0.2, 0) is 11.3 Å². The number of benzene rings is 2. The molecule has 0 saturated heterocycles. The number of carbonyl (C=O) groups is 1. The third-order valence-corrected chi connectivity index (χ3v) is 3.70. The minimum atomic E-state index is -0.658. The number of likely N-dealkylation sites (N-methyl/N-ethyl adjacent to an activating group) is 1. The lowest BCUT2D eigenvalue weighted by Gasteiger charge is -2.20. The summed E-state index contributed by atoms with van der Waals surface area (Å²) in [6.45, 7) is 0.513. The predicted molar refractivity (Wildman–Crippen MR) is 84.5 cm³/mol. The first-order valence-corrected chi connectivity index (χ1v) is 7.12. The zero-order valence-electron chi connectivity index (χ0n) is 12.1. The second-order valence-corrected chi connectivity index (χ2v) is 5.25. The molecule has 0 aromatic heterocycles. The summed E-state index contributed by atoms with van der Waals surface area (Å²) >= 11 is 6.25. The van der Waals surface area contributed by atoms with Gasteiger partial charge in [-0.25, -0.2) is 0 Å². The highest BCUT2D eigenvalue weighted by Crippen LogP contribution is 2.23. The molecule has 0 aliphatic heterocycles. The summed E-state index contributed by atoms with van der Waals surface area (Å²) in [6.07, 6.45) is 0. The Bertz CT molecular complexity index is 583. The van der Waals surface area contributed by atoms with Crippen LogP contribution in [0.25, 0.3) is 0 Å². The number of nitrogens with zero attached hydrogens (tertiary/aromatic N) is 1. The van der Waals surface area contributed by atoms with E-state index in [1.807, 2.05) is 54.6 Å². The van der Waals surface area contributed by atoms with Gasteiger partial charge in [0, 0.05) is 13.6 Å². The van der Waals surface area contributed by atoms with Crippen molar-refractivity contribution in [2.75, 3.05) is 14.2 Å². The number of rotatable bonds is 5. The molecular weight excluding hydrogens is 286 g/mol. The molecule has 0 bridgehead atoms. The Labute approximate surface area is 130 Å². The first kappa shape index (κ1) is 15.4. The lowest BCUT2D eigenvalue weighted by atomic mass is 10.1. The Hall–Kier alpha value is -2.00. The van der Waals surface area contributed by atoms with Crippen molar-refractivity contribution in [3.05, 3.63) is 65.7 Å². The number of ether oxygens (including phenoxy) is 1. The monoisotopic (exact) mass is 303 g/mol. The molecule has 0 aliphatic rings. The van der Waals surface area contributed by atoms with Crippen molar-refractivity contribution in [1.82, 2.24) is 4.90 Å². The van der Waals surface area contributed by atoms with Gasteiger partial charge in [-0.1, -0.05) is 42.5 Å². The maximum atomic E-state index is 12.3. The van der Waals surface area contributed by atoms with E-state index in [4.69, 9.17) is 16.3 Å². The van der Waals surface area contributed by atoms with Gasteiger partial charge in [0.15, 0.2) is 0 Å². The Kier molecular flexibility index (Phi) is 5.23. The highest BCUT2D eigenvalue weighted by molar-refractivity contribution is 6.30. The fraction of sp³-hybridized carbons (Fsp3) is 0.235. The normalized spacial score (nSPS) is 11.8. The highest BCUT2D eigenvalue weighted by atomic mass is 35.5. The van der Waals surface area contributed by atoms with Crippen molar-refractivity contribution in [3.8, 4) is 5.75 Å². The summed E-state index contributed by atoms with van der Waals surface area (Å²) in [5.74, 6) is 0.686. The summed E-state index contributed by atoms with van der Waals surface area (Å²) in [6, 6.07) is 17.0. The van der Waals surface area contributed by atoms with Gasteiger partial charge >= 0.3 is 0 Å². The van der Waals surface area contributed by atoms with E-state index < -0.39 is 5.38 Å². The van der Waals surface area contributed by atoms with Gasteiger partial charge in [-0.15, -0.1) is 11.6 Å². The minimum absolute atomic E-state index is 0.112. The Morgan fingerprint density at radius 2 is 1.76 bits per heavy atom. The number of hydrogen-bond donors (Lipinski definition) is 0. The van der Waals surface area contributed by atoms with Crippen LogP contribution in [-0.4, -0.2) is 25.0 Å². The lowest BCUT2D eigenvalue weighted by molar-refractivity contribution is -0.130. The molecule has 110 valence electrons. The van der Waals surface area contributed by atoms with Crippen molar-refractivity contribution in [2.24, 2.45) is 0 Å². The summed E-state index contributed by atoms with van der Waals surface area (Å²) in [5.41, 5.74) is 1.84. The Morgan fingerprint density at radius 3 is 2.33 bits per heavy atom. The standard InChI is InChI=1S/C17H18ClNO2/c1-19(12-13-8-10-15(21-2)11-9-13)17(20)16(18)14-6-4-3-5-7-14/h3-11,16H,12H2,1-2H3. The molecule has 0 spiro atoms. The molecule has 1 unspecified atom stereocenters. The number of hydrogen-bond acceptors (Lipinski definition) is 2.